The van der Waals surface area contributed by atoms with Crippen LogP contribution in [0.25, 0.3) is 22.5 Å². The van der Waals surface area contributed by atoms with Gasteiger partial charge in [0, 0.05) is 75.5 Å². The number of nitrogens with one attached hydrogen (secondary N) is 1. The molecule has 0 radical (unpaired) electrons. The Kier molecular flexibility index (Phi) is 8.34. The van der Waals surface area contributed by atoms with Crippen LogP contribution in [0.15, 0.2) is 60.4 Å². The first-order valence-corrected chi connectivity index (χ1v) is 10.9. The Morgan fingerprint density at radius 2 is 2.19 bits per heavy atom. The van der Waals surface area contributed by atoms with Gasteiger partial charge in [-0.15, -0.1) is 0 Å². The molecule has 6 heteroatoms. The molecule has 0 bridgehead atoms. The van der Waals surface area contributed by atoms with E-state index < -0.39 is 0 Å². The lowest BCUT2D eigenvalue weighted by molar-refractivity contribution is 0.187. The van der Waals surface area contributed by atoms with Crippen molar-refractivity contribution in [1.82, 2.24) is 14.9 Å². The van der Waals surface area contributed by atoms with Crippen molar-refractivity contribution < 1.29 is 4.74 Å². The molecule has 0 aliphatic carbocycles. The molecular formula is C26H33N5O. The summed E-state index contributed by atoms with van der Waals surface area (Å²) in [5, 5.41) is 3.55. The minimum Gasteiger partial charge on any atom is -0.383 e. The van der Waals surface area contributed by atoms with Gasteiger partial charge in [0.15, 0.2) is 5.82 Å². The van der Waals surface area contributed by atoms with E-state index in [0.29, 0.717) is 11.7 Å². The van der Waals surface area contributed by atoms with Crippen LogP contribution < -0.4 is 5.32 Å². The normalized spacial score (nSPS) is 17.1. The maximum Gasteiger partial charge on any atom is 0.161 e. The van der Waals surface area contributed by atoms with E-state index in [2.05, 4.69) is 35.2 Å². The zero-order chi connectivity index (χ0) is 22.9. The van der Waals surface area contributed by atoms with Gasteiger partial charge in [-0.2, -0.15) is 0 Å². The highest BCUT2D eigenvalue weighted by Gasteiger charge is 2.18. The van der Waals surface area contributed by atoms with Crippen molar-refractivity contribution in [3.8, 4) is 11.4 Å². The maximum absolute atomic E-state index is 5.53. The molecule has 1 aromatic heterocycles. The lowest BCUT2D eigenvalue weighted by atomic mass is 10.0. The molecular weight excluding hydrogens is 398 g/mol. The Bertz CT molecular complexity index is 1020. The number of hydrogen-bond donors (Lipinski definition) is 1. The average molecular weight is 432 g/mol. The molecule has 1 unspecified atom stereocenters. The second kappa shape index (κ2) is 11.4. The fourth-order valence-corrected chi connectivity index (χ4v) is 3.65. The van der Waals surface area contributed by atoms with Crippen LogP contribution in [0.1, 0.15) is 24.5 Å². The Labute approximate surface area is 191 Å². The predicted molar refractivity (Wildman–Crippen MR) is 135 cm³/mol. The summed E-state index contributed by atoms with van der Waals surface area (Å²) in [6, 6.07) is 8.24. The number of aromatic nitrogens is 2. The molecule has 168 valence electrons. The summed E-state index contributed by atoms with van der Waals surface area (Å²) in [4.78, 5) is 15.8. The van der Waals surface area contributed by atoms with E-state index in [4.69, 9.17) is 14.7 Å². The molecule has 0 saturated carbocycles. The molecule has 32 heavy (non-hydrogen) atoms. The minimum absolute atomic E-state index is 0.491. The van der Waals surface area contributed by atoms with Crippen LogP contribution in [0.4, 0.5) is 5.82 Å². The van der Waals surface area contributed by atoms with Gasteiger partial charge >= 0.3 is 0 Å². The zero-order valence-electron chi connectivity index (χ0n) is 19.5. The maximum atomic E-state index is 5.53. The lowest BCUT2D eigenvalue weighted by Gasteiger charge is -2.15. The number of aliphatic imine (C=N–C) groups is 1. The van der Waals surface area contributed by atoms with Crippen LogP contribution >= 0.6 is 0 Å². The van der Waals surface area contributed by atoms with Gasteiger partial charge in [0.2, 0.25) is 0 Å². The van der Waals surface area contributed by atoms with Gasteiger partial charge < -0.3 is 15.0 Å². The van der Waals surface area contributed by atoms with Crippen molar-refractivity contribution >= 4 is 23.2 Å². The molecule has 1 aromatic carbocycles. The molecule has 6 nitrogen and oxygen atoms in total. The first kappa shape index (κ1) is 23.4. The minimum atomic E-state index is 0.491. The van der Waals surface area contributed by atoms with Crippen LogP contribution in [-0.4, -0.2) is 62.0 Å². The van der Waals surface area contributed by atoms with Gasteiger partial charge in [-0.25, -0.2) is 9.97 Å². The summed E-state index contributed by atoms with van der Waals surface area (Å²) >= 11 is 0. The zero-order valence-corrected chi connectivity index (χ0v) is 19.5. The van der Waals surface area contributed by atoms with E-state index in [9.17, 15) is 0 Å². The average Bonchev–Trinajstić information content (AvgIpc) is 3.33. The third-order valence-corrected chi connectivity index (χ3v) is 5.33. The van der Waals surface area contributed by atoms with Crippen molar-refractivity contribution in [2.24, 2.45) is 10.9 Å². The molecule has 1 aliphatic heterocycles. The van der Waals surface area contributed by atoms with E-state index in [1.807, 2.05) is 62.6 Å². The van der Waals surface area contributed by atoms with Crippen molar-refractivity contribution in [3.05, 3.63) is 66.5 Å². The van der Waals surface area contributed by atoms with Gasteiger partial charge in [-0.3, -0.25) is 4.99 Å². The highest BCUT2D eigenvalue weighted by molar-refractivity contribution is 6.11. The molecule has 3 rings (SSSR count). The second-order valence-corrected chi connectivity index (χ2v) is 8.03. The van der Waals surface area contributed by atoms with Crippen molar-refractivity contribution in [3.63, 3.8) is 0 Å². The van der Waals surface area contributed by atoms with Crippen LogP contribution in [0, 0.1) is 5.92 Å². The second-order valence-electron chi connectivity index (χ2n) is 8.03. The Morgan fingerprint density at radius 1 is 1.34 bits per heavy atom. The van der Waals surface area contributed by atoms with Gasteiger partial charge in [0.1, 0.15) is 5.82 Å². The molecule has 2 heterocycles. The van der Waals surface area contributed by atoms with Crippen LogP contribution in [0.2, 0.25) is 0 Å². The number of rotatable bonds is 9. The van der Waals surface area contributed by atoms with Gasteiger partial charge in [-0.05, 0) is 30.5 Å². The monoisotopic (exact) mass is 431 g/mol. The fourth-order valence-electron chi connectivity index (χ4n) is 3.65. The first-order chi connectivity index (χ1) is 15.5. The number of hydrogen-bond acceptors (Lipinski definition) is 6. The van der Waals surface area contributed by atoms with Crippen LogP contribution in [0.3, 0.4) is 0 Å². The smallest absolute Gasteiger partial charge is 0.161 e. The van der Waals surface area contributed by atoms with Gasteiger partial charge in [0.05, 0.1) is 6.61 Å². The molecule has 0 spiro atoms. The molecule has 1 saturated heterocycles. The number of anilines is 1. The van der Waals surface area contributed by atoms with E-state index >= 15 is 0 Å². The van der Waals surface area contributed by atoms with Gasteiger partial charge in [0.25, 0.3) is 0 Å². The molecule has 2 aromatic rings. The largest absolute Gasteiger partial charge is 0.383 e. The number of allylic oxidation sites excluding steroid dienone is 4. The standard InChI is InChI=1S/C26H33N5O/c1-6-20(15-27-3)24-16-29-25(30-26(24)28-14-19-11-12-32-18-19)23-10-8-9-22(13-23)21(7-2)17-31(4)5/h6-10,13,15-17,19H,2,11-12,14,18H2,1,3-5H3,(H,28,29,30)/b20-6+,21-17+,27-15-. The Morgan fingerprint density at radius 3 is 2.84 bits per heavy atom. The molecule has 0 amide bonds. The van der Waals surface area contributed by atoms with E-state index in [1.165, 1.54) is 0 Å². The topological polar surface area (TPSA) is 62.6 Å². The Hall–Kier alpha value is -3.25. The SMILES string of the molecule is C=C/C(=C\N(C)C)c1cccc(-c2ncc(C(/C=N\C)=C/C)c(NCC3CCOC3)n2)c1. The predicted octanol–water partition coefficient (Wildman–Crippen LogP) is 4.78. The van der Waals surface area contributed by atoms with Gasteiger partial charge in [-0.1, -0.05) is 36.9 Å². The van der Waals surface area contributed by atoms with Crippen LogP contribution in [-0.2, 0) is 4.74 Å². The summed E-state index contributed by atoms with van der Waals surface area (Å²) in [6.45, 7) is 8.39. The quantitative estimate of drug-likeness (QED) is 0.457. The third kappa shape index (κ3) is 5.92. The van der Waals surface area contributed by atoms with Crippen LogP contribution in [0.5, 0.6) is 0 Å². The summed E-state index contributed by atoms with van der Waals surface area (Å²) < 4.78 is 5.53. The summed E-state index contributed by atoms with van der Waals surface area (Å²) in [6.07, 6.45) is 10.7. The number of ether oxygens (including phenoxy) is 1. The Balaban J connectivity index is 1.99. The van der Waals surface area contributed by atoms with Crippen molar-refractivity contribution in [2.75, 3.05) is 46.2 Å². The van der Waals surface area contributed by atoms with Crippen molar-refractivity contribution in [1.29, 1.82) is 0 Å². The fraction of sp³-hybridized carbons (Fsp3) is 0.346. The summed E-state index contributed by atoms with van der Waals surface area (Å²) in [5.74, 6) is 1.98. The molecule has 1 fully saturated rings. The highest BCUT2D eigenvalue weighted by atomic mass is 16.5. The number of benzene rings is 1. The highest BCUT2D eigenvalue weighted by Crippen LogP contribution is 2.27. The molecule has 1 N–H and O–H groups in total. The number of nitrogens with zero attached hydrogens (tertiary/aromatic N) is 4. The lowest BCUT2D eigenvalue weighted by Crippen LogP contribution is -2.16. The molecule has 1 atom stereocenters. The van der Waals surface area contributed by atoms with E-state index in [0.717, 1.165) is 59.8 Å². The first-order valence-electron chi connectivity index (χ1n) is 10.9. The van der Waals surface area contributed by atoms with E-state index in [-0.39, 0.29) is 0 Å². The van der Waals surface area contributed by atoms with E-state index in [1.54, 1.807) is 7.05 Å². The summed E-state index contributed by atoms with van der Waals surface area (Å²) in [7, 11) is 5.77. The third-order valence-electron chi connectivity index (χ3n) is 5.33. The van der Waals surface area contributed by atoms with Crippen molar-refractivity contribution in [2.45, 2.75) is 13.3 Å². The summed E-state index contributed by atoms with van der Waals surface area (Å²) in [5.41, 5.74) is 5.00. The molecule has 1 aliphatic rings.